The Labute approximate surface area is 115 Å². The minimum atomic E-state index is -0.190. The highest BCUT2D eigenvalue weighted by molar-refractivity contribution is 5.89. The zero-order valence-corrected chi connectivity index (χ0v) is 12.5. The Kier molecular flexibility index (Phi) is 5.21. The molecule has 19 heavy (non-hydrogen) atoms. The van der Waals surface area contributed by atoms with Crippen LogP contribution in [0.2, 0.25) is 0 Å². The largest absolute Gasteiger partial charge is 0.494 e. The lowest BCUT2D eigenvalue weighted by Gasteiger charge is -2.34. The summed E-state index contributed by atoms with van der Waals surface area (Å²) in [5.74, 6) is 0.809. The van der Waals surface area contributed by atoms with Gasteiger partial charge in [-0.15, -0.1) is 0 Å². The first-order valence-electron chi connectivity index (χ1n) is 6.70. The molecule has 0 aliphatic heterocycles. The van der Waals surface area contributed by atoms with Gasteiger partial charge < -0.3 is 15.0 Å². The highest BCUT2D eigenvalue weighted by atomic mass is 16.5. The Bertz CT molecular complexity index is 407. The first kappa shape index (κ1) is 15.3. The van der Waals surface area contributed by atoms with Crippen LogP contribution in [0.25, 0.3) is 0 Å². The van der Waals surface area contributed by atoms with Crippen LogP contribution in [-0.4, -0.2) is 29.6 Å². The van der Waals surface area contributed by atoms with Crippen molar-refractivity contribution in [2.24, 2.45) is 0 Å². The molecule has 0 saturated carbocycles. The number of amides is 2. The van der Waals surface area contributed by atoms with Gasteiger partial charge in [-0.25, -0.2) is 4.79 Å². The fourth-order valence-electron chi connectivity index (χ4n) is 1.91. The summed E-state index contributed by atoms with van der Waals surface area (Å²) in [5.41, 5.74) is 0.584. The van der Waals surface area contributed by atoms with E-state index in [0.29, 0.717) is 13.2 Å². The van der Waals surface area contributed by atoms with E-state index in [0.717, 1.165) is 11.4 Å². The highest BCUT2D eigenvalue weighted by Gasteiger charge is 2.24. The molecular weight excluding hydrogens is 240 g/mol. The fourth-order valence-corrected chi connectivity index (χ4v) is 1.91. The molecular formula is C15H24N2O2. The standard InChI is InChI=1S/C15H24N2O2/c1-6-17(15(3,4)5)14(18)16-12-8-10-13(11-9-12)19-7-2/h8-11H,6-7H2,1-5H3,(H,16,18). The summed E-state index contributed by atoms with van der Waals surface area (Å²) < 4.78 is 5.37. The minimum Gasteiger partial charge on any atom is -0.494 e. The van der Waals surface area contributed by atoms with Gasteiger partial charge in [-0.1, -0.05) is 0 Å². The second kappa shape index (κ2) is 6.45. The molecule has 0 heterocycles. The molecule has 1 aromatic carbocycles. The van der Waals surface area contributed by atoms with Crippen LogP contribution in [0, 0.1) is 0 Å². The molecule has 2 amide bonds. The van der Waals surface area contributed by atoms with E-state index in [1.54, 1.807) is 4.90 Å². The van der Waals surface area contributed by atoms with Gasteiger partial charge in [-0.2, -0.15) is 0 Å². The summed E-state index contributed by atoms with van der Waals surface area (Å²) in [6.07, 6.45) is 0. The SMILES string of the molecule is CCOc1ccc(NC(=O)N(CC)C(C)(C)C)cc1. The molecule has 0 aliphatic rings. The summed E-state index contributed by atoms with van der Waals surface area (Å²) in [7, 11) is 0. The van der Waals surface area contributed by atoms with Crippen LogP contribution in [0.3, 0.4) is 0 Å². The average molecular weight is 264 g/mol. The van der Waals surface area contributed by atoms with Crippen LogP contribution in [-0.2, 0) is 0 Å². The van der Waals surface area contributed by atoms with Crippen molar-refractivity contribution in [1.29, 1.82) is 0 Å². The molecule has 4 heteroatoms. The molecule has 1 aromatic rings. The Balaban J connectivity index is 2.70. The van der Waals surface area contributed by atoms with Crippen molar-refractivity contribution in [3.63, 3.8) is 0 Å². The molecule has 0 aromatic heterocycles. The number of carbonyl (C=O) groups excluding carboxylic acids is 1. The molecule has 0 unspecified atom stereocenters. The van der Waals surface area contributed by atoms with E-state index in [2.05, 4.69) is 5.32 Å². The number of rotatable bonds is 4. The van der Waals surface area contributed by atoms with Crippen molar-refractivity contribution < 1.29 is 9.53 Å². The number of anilines is 1. The lowest BCUT2D eigenvalue weighted by Crippen LogP contribution is -2.47. The zero-order valence-electron chi connectivity index (χ0n) is 12.5. The number of benzene rings is 1. The van der Waals surface area contributed by atoms with E-state index in [1.807, 2.05) is 58.9 Å². The van der Waals surface area contributed by atoms with E-state index in [1.165, 1.54) is 0 Å². The number of hydrogen-bond acceptors (Lipinski definition) is 2. The van der Waals surface area contributed by atoms with Crippen molar-refractivity contribution in [1.82, 2.24) is 4.90 Å². The van der Waals surface area contributed by atoms with Gasteiger partial charge >= 0.3 is 6.03 Å². The van der Waals surface area contributed by atoms with E-state index in [-0.39, 0.29) is 11.6 Å². The van der Waals surface area contributed by atoms with Crippen LogP contribution in [0.15, 0.2) is 24.3 Å². The summed E-state index contributed by atoms with van der Waals surface area (Å²) in [6, 6.07) is 7.32. The number of hydrogen-bond donors (Lipinski definition) is 1. The fraction of sp³-hybridized carbons (Fsp3) is 0.533. The van der Waals surface area contributed by atoms with Crippen LogP contribution in [0.1, 0.15) is 34.6 Å². The van der Waals surface area contributed by atoms with Crippen molar-refractivity contribution in [2.45, 2.75) is 40.2 Å². The zero-order chi connectivity index (χ0) is 14.5. The molecule has 0 saturated heterocycles. The van der Waals surface area contributed by atoms with E-state index >= 15 is 0 Å². The molecule has 0 fully saturated rings. The summed E-state index contributed by atoms with van der Waals surface area (Å²) >= 11 is 0. The Morgan fingerprint density at radius 3 is 2.21 bits per heavy atom. The molecule has 106 valence electrons. The maximum absolute atomic E-state index is 12.2. The van der Waals surface area contributed by atoms with Gasteiger partial charge in [0.2, 0.25) is 0 Å². The second-order valence-corrected chi connectivity index (χ2v) is 5.30. The van der Waals surface area contributed by atoms with Crippen LogP contribution >= 0.6 is 0 Å². The molecule has 0 bridgehead atoms. The van der Waals surface area contributed by atoms with E-state index in [9.17, 15) is 4.79 Å². The van der Waals surface area contributed by atoms with Gasteiger partial charge in [-0.3, -0.25) is 0 Å². The van der Waals surface area contributed by atoms with Gasteiger partial charge in [-0.05, 0) is 58.9 Å². The number of nitrogens with zero attached hydrogens (tertiary/aromatic N) is 1. The molecule has 0 spiro atoms. The van der Waals surface area contributed by atoms with E-state index in [4.69, 9.17) is 4.74 Å². The third-order valence-corrected chi connectivity index (χ3v) is 2.79. The predicted octanol–water partition coefficient (Wildman–Crippen LogP) is 3.74. The third kappa shape index (κ3) is 4.47. The topological polar surface area (TPSA) is 41.6 Å². The Morgan fingerprint density at radius 2 is 1.79 bits per heavy atom. The van der Waals surface area contributed by atoms with E-state index < -0.39 is 0 Å². The lowest BCUT2D eigenvalue weighted by atomic mass is 10.1. The maximum Gasteiger partial charge on any atom is 0.322 e. The van der Waals surface area contributed by atoms with Crippen molar-refractivity contribution >= 4 is 11.7 Å². The van der Waals surface area contributed by atoms with Gasteiger partial charge in [0.1, 0.15) is 5.75 Å². The normalized spacial score (nSPS) is 11.0. The quantitative estimate of drug-likeness (QED) is 0.900. The van der Waals surface area contributed by atoms with Gasteiger partial charge in [0.05, 0.1) is 6.61 Å². The van der Waals surface area contributed by atoms with Crippen molar-refractivity contribution in [3.05, 3.63) is 24.3 Å². The van der Waals surface area contributed by atoms with Crippen LogP contribution in [0.4, 0.5) is 10.5 Å². The van der Waals surface area contributed by atoms with Gasteiger partial charge in [0.25, 0.3) is 0 Å². The number of ether oxygens (including phenoxy) is 1. The summed E-state index contributed by atoms with van der Waals surface area (Å²) in [6.45, 7) is 11.3. The van der Waals surface area contributed by atoms with Crippen LogP contribution < -0.4 is 10.1 Å². The molecule has 1 rings (SSSR count). The van der Waals surface area contributed by atoms with Crippen LogP contribution in [0.5, 0.6) is 5.75 Å². The highest BCUT2D eigenvalue weighted by Crippen LogP contribution is 2.18. The smallest absolute Gasteiger partial charge is 0.322 e. The molecule has 0 atom stereocenters. The number of carbonyl (C=O) groups is 1. The number of urea groups is 1. The first-order chi connectivity index (χ1) is 8.88. The predicted molar refractivity (Wildman–Crippen MR) is 78.8 cm³/mol. The summed E-state index contributed by atoms with van der Waals surface area (Å²) in [4.78, 5) is 14.0. The van der Waals surface area contributed by atoms with Crippen molar-refractivity contribution in [3.8, 4) is 5.75 Å². The van der Waals surface area contributed by atoms with Crippen molar-refractivity contribution in [2.75, 3.05) is 18.5 Å². The molecule has 1 N–H and O–H groups in total. The van der Waals surface area contributed by atoms with Gasteiger partial charge in [0.15, 0.2) is 0 Å². The first-order valence-corrected chi connectivity index (χ1v) is 6.70. The third-order valence-electron chi connectivity index (χ3n) is 2.79. The lowest BCUT2D eigenvalue weighted by molar-refractivity contribution is 0.162. The van der Waals surface area contributed by atoms with Gasteiger partial charge in [0, 0.05) is 17.8 Å². The molecule has 0 aliphatic carbocycles. The molecule has 4 nitrogen and oxygen atoms in total. The Hall–Kier alpha value is -1.71. The Morgan fingerprint density at radius 1 is 1.21 bits per heavy atom. The molecule has 0 radical (unpaired) electrons. The maximum atomic E-state index is 12.2. The second-order valence-electron chi connectivity index (χ2n) is 5.30. The number of nitrogens with one attached hydrogen (secondary N) is 1. The monoisotopic (exact) mass is 264 g/mol. The summed E-state index contributed by atoms with van der Waals surface area (Å²) in [5, 5.41) is 2.90. The average Bonchev–Trinajstić information content (AvgIpc) is 2.31. The minimum absolute atomic E-state index is 0.0841.